The molecule has 0 saturated heterocycles. The second-order valence-electron chi connectivity index (χ2n) is 5.17. The molecule has 0 aliphatic heterocycles. The fraction of sp³-hybridized carbons (Fsp3) is 0.412. The van der Waals surface area contributed by atoms with Crippen molar-refractivity contribution in [2.75, 3.05) is 14.2 Å². The molecule has 0 bridgehead atoms. The lowest BCUT2D eigenvalue weighted by atomic mass is 10.1. The molecule has 2 unspecified atom stereocenters. The van der Waals surface area contributed by atoms with Crippen LogP contribution in [0.4, 0.5) is 0 Å². The molecule has 0 aliphatic rings. The average molecular weight is 289 g/mol. The standard InChI is InChI=1S/C17H23NO3/c1-11-6-8-15(21-11)13(3)18-12(2)14-7-9-16(19-4)17(10-14)20-5/h6-10,12-13,18H,1-5H3. The van der Waals surface area contributed by atoms with E-state index in [0.29, 0.717) is 0 Å². The van der Waals surface area contributed by atoms with E-state index < -0.39 is 0 Å². The van der Waals surface area contributed by atoms with Gasteiger partial charge in [0, 0.05) is 6.04 Å². The molecule has 2 atom stereocenters. The molecule has 1 heterocycles. The van der Waals surface area contributed by atoms with Crippen LogP contribution in [0.2, 0.25) is 0 Å². The van der Waals surface area contributed by atoms with Crippen molar-refractivity contribution < 1.29 is 13.9 Å². The van der Waals surface area contributed by atoms with Crippen molar-refractivity contribution in [2.45, 2.75) is 32.9 Å². The van der Waals surface area contributed by atoms with Gasteiger partial charge in [-0.25, -0.2) is 0 Å². The SMILES string of the molecule is COc1ccc(C(C)NC(C)c2ccc(C)o2)cc1OC. The third kappa shape index (κ3) is 3.58. The van der Waals surface area contributed by atoms with Gasteiger partial charge in [-0.1, -0.05) is 6.07 Å². The van der Waals surface area contributed by atoms with Gasteiger partial charge in [-0.2, -0.15) is 0 Å². The molecular weight excluding hydrogens is 266 g/mol. The molecule has 2 aromatic rings. The van der Waals surface area contributed by atoms with Crippen molar-refractivity contribution in [2.24, 2.45) is 0 Å². The van der Waals surface area contributed by atoms with Crippen LogP contribution in [0.15, 0.2) is 34.7 Å². The summed E-state index contributed by atoms with van der Waals surface area (Å²) < 4.78 is 16.3. The summed E-state index contributed by atoms with van der Waals surface area (Å²) in [6.45, 7) is 6.16. The number of methoxy groups -OCH3 is 2. The molecule has 0 radical (unpaired) electrons. The summed E-state index contributed by atoms with van der Waals surface area (Å²) in [7, 11) is 3.29. The average Bonchev–Trinajstić information content (AvgIpc) is 2.93. The Hall–Kier alpha value is -1.94. The van der Waals surface area contributed by atoms with Crippen molar-refractivity contribution in [3.05, 3.63) is 47.4 Å². The molecule has 1 N–H and O–H groups in total. The number of hydrogen-bond donors (Lipinski definition) is 1. The minimum Gasteiger partial charge on any atom is -0.493 e. The zero-order valence-electron chi connectivity index (χ0n) is 13.3. The Balaban J connectivity index is 2.11. The minimum atomic E-state index is 0.141. The number of nitrogens with one attached hydrogen (secondary N) is 1. The third-order valence-corrected chi connectivity index (χ3v) is 3.60. The third-order valence-electron chi connectivity index (χ3n) is 3.60. The van der Waals surface area contributed by atoms with E-state index in [4.69, 9.17) is 13.9 Å². The van der Waals surface area contributed by atoms with Crippen LogP contribution in [-0.2, 0) is 0 Å². The maximum absolute atomic E-state index is 5.66. The first-order valence-corrected chi connectivity index (χ1v) is 7.09. The Morgan fingerprint density at radius 2 is 1.67 bits per heavy atom. The Morgan fingerprint density at radius 1 is 0.952 bits per heavy atom. The van der Waals surface area contributed by atoms with Gasteiger partial charge in [-0.05, 0) is 50.6 Å². The molecule has 1 aromatic heterocycles. The number of benzene rings is 1. The highest BCUT2D eigenvalue weighted by Crippen LogP contribution is 2.30. The second-order valence-corrected chi connectivity index (χ2v) is 5.17. The van der Waals surface area contributed by atoms with E-state index in [1.165, 1.54) is 0 Å². The fourth-order valence-electron chi connectivity index (χ4n) is 2.36. The van der Waals surface area contributed by atoms with Crippen molar-refractivity contribution in [1.82, 2.24) is 5.32 Å². The van der Waals surface area contributed by atoms with Crippen LogP contribution >= 0.6 is 0 Å². The van der Waals surface area contributed by atoms with E-state index in [1.54, 1.807) is 14.2 Å². The van der Waals surface area contributed by atoms with Gasteiger partial charge in [0.1, 0.15) is 11.5 Å². The molecular formula is C17H23NO3. The van der Waals surface area contributed by atoms with Gasteiger partial charge in [0.25, 0.3) is 0 Å². The maximum atomic E-state index is 5.66. The summed E-state index contributed by atoms with van der Waals surface area (Å²) in [4.78, 5) is 0. The van der Waals surface area contributed by atoms with Gasteiger partial charge in [-0.15, -0.1) is 0 Å². The highest BCUT2D eigenvalue weighted by Gasteiger charge is 2.15. The normalized spacial score (nSPS) is 13.8. The summed E-state index contributed by atoms with van der Waals surface area (Å²) in [5.74, 6) is 3.35. The summed E-state index contributed by atoms with van der Waals surface area (Å²) in [6.07, 6.45) is 0. The van der Waals surface area contributed by atoms with E-state index in [2.05, 4.69) is 19.2 Å². The first-order chi connectivity index (χ1) is 10.0. The maximum Gasteiger partial charge on any atom is 0.161 e. The van der Waals surface area contributed by atoms with E-state index in [0.717, 1.165) is 28.6 Å². The van der Waals surface area contributed by atoms with Gasteiger partial charge in [-0.3, -0.25) is 0 Å². The molecule has 0 fully saturated rings. The van der Waals surface area contributed by atoms with E-state index in [-0.39, 0.29) is 12.1 Å². The molecule has 0 saturated carbocycles. The molecule has 1 aromatic carbocycles. The van der Waals surface area contributed by atoms with Crippen LogP contribution in [0.3, 0.4) is 0 Å². The van der Waals surface area contributed by atoms with Gasteiger partial charge in [0.05, 0.1) is 20.3 Å². The first kappa shape index (κ1) is 15.4. The van der Waals surface area contributed by atoms with E-state index >= 15 is 0 Å². The lowest BCUT2D eigenvalue weighted by Crippen LogP contribution is -2.22. The lowest BCUT2D eigenvalue weighted by molar-refractivity contribution is 0.353. The summed E-state index contributed by atoms with van der Waals surface area (Å²) in [5, 5.41) is 3.52. The first-order valence-electron chi connectivity index (χ1n) is 7.09. The fourth-order valence-corrected chi connectivity index (χ4v) is 2.36. The monoisotopic (exact) mass is 289 g/mol. The molecule has 0 aliphatic carbocycles. The van der Waals surface area contributed by atoms with Crippen molar-refractivity contribution in [3.63, 3.8) is 0 Å². The van der Waals surface area contributed by atoms with Crippen LogP contribution < -0.4 is 14.8 Å². The molecule has 4 heteroatoms. The van der Waals surface area contributed by atoms with E-state index in [9.17, 15) is 0 Å². The molecule has 21 heavy (non-hydrogen) atoms. The summed E-state index contributed by atoms with van der Waals surface area (Å²) in [5.41, 5.74) is 1.14. The Kier molecular flexibility index (Phi) is 4.91. The number of rotatable bonds is 6. The Bertz CT molecular complexity index is 591. The second kappa shape index (κ2) is 6.68. The van der Waals surface area contributed by atoms with Gasteiger partial charge >= 0.3 is 0 Å². The van der Waals surface area contributed by atoms with Crippen LogP contribution in [-0.4, -0.2) is 14.2 Å². The summed E-state index contributed by atoms with van der Waals surface area (Å²) in [6, 6.07) is 10.3. The molecule has 0 amide bonds. The smallest absolute Gasteiger partial charge is 0.161 e. The number of hydrogen-bond acceptors (Lipinski definition) is 4. The topological polar surface area (TPSA) is 43.6 Å². The van der Waals surface area contributed by atoms with Gasteiger partial charge in [0.15, 0.2) is 11.5 Å². The number of furan rings is 1. The molecule has 4 nitrogen and oxygen atoms in total. The highest BCUT2D eigenvalue weighted by molar-refractivity contribution is 5.43. The Labute approximate surface area is 126 Å². The highest BCUT2D eigenvalue weighted by atomic mass is 16.5. The van der Waals surface area contributed by atoms with Crippen molar-refractivity contribution in [1.29, 1.82) is 0 Å². The lowest BCUT2D eigenvalue weighted by Gasteiger charge is -2.20. The van der Waals surface area contributed by atoms with Crippen LogP contribution in [0.25, 0.3) is 0 Å². The zero-order valence-corrected chi connectivity index (χ0v) is 13.3. The predicted molar refractivity (Wildman–Crippen MR) is 83.0 cm³/mol. The van der Waals surface area contributed by atoms with Gasteiger partial charge < -0.3 is 19.2 Å². The molecule has 2 rings (SSSR count). The van der Waals surface area contributed by atoms with E-state index in [1.807, 2.05) is 37.3 Å². The zero-order chi connectivity index (χ0) is 15.4. The van der Waals surface area contributed by atoms with Crippen molar-refractivity contribution >= 4 is 0 Å². The minimum absolute atomic E-state index is 0.141. The van der Waals surface area contributed by atoms with Crippen LogP contribution in [0.1, 0.15) is 43.0 Å². The van der Waals surface area contributed by atoms with Crippen molar-refractivity contribution in [3.8, 4) is 11.5 Å². The van der Waals surface area contributed by atoms with Gasteiger partial charge in [0.2, 0.25) is 0 Å². The van der Waals surface area contributed by atoms with Crippen LogP contribution in [0.5, 0.6) is 11.5 Å². The largest absolute Gasteiger partial charge is 0.493 e. The molecule has 0 spiro atoms. The quantitative estimate of drug-likeness (QED) is 0.872. The number of ether oxygens (including phenoxy) is 2. The predicted octanol–water partition coefficient (Wildman–Crippen LogP) is 4.02. The van der Waals surface area contributed by atoms with Crippen LogP contribution in [0, 0.1) is 6.92 Å². The Morgan fingerprint density at radius 3 is 2.24 bits per heavy atom. The molecule has 114 valence electrons. The summed E-state index contributed by atoms with van der Waals surface area (Å²) >= 11 is 0. The number of aryl methyl sites for hydroxylation is 1.